The maximum atomic E-state index is 12.7. The Kier molecular flexibility index (Phi) is 8.00. The molecule has 0 bridgehead atoms. The zero-order chi connectivity index (χ0) is 22.3. The van der Waals surface area contributed by atoms with E-state index in [-0.39, 0.29) is 28.5 Å². The van der Waals surface area contributed by atoms with Crippen molar-refractivity contribution in [2.45, 2.75) is 12.8 Å². The predicted octanol–water partition coefficient (Wildman–Crippen LogP) is 1.51. The number of nitrogens with one attached hydrogen (secondary N) is 1. The molecule has 0 radical (unpaired) electrons. The molecule has 2 rings (SSSR count). The Morgan fingerprint density at radius 1 is 1.17 bits per heavy atom. The average molecular weight is 432 g/mol. The van der Waals surface area contributed by atoms with Gasteiger partial charge >= 0.3 is 17.9 Å². The lowest BCUT2D eigenvalue weighted by Gasteiger charge is -2.30. The molecule has 1 amide bonds. The van der Waals surface area contributed by atoms with E-state index in [1.807, 2.05) is 6.07 Å². The number of nitriles is 1. The highest BCUT2D eigenvalue weighted by atomic mass is 32.2. The number of nitrogens with zero attached hydrogens (tertiary/aromatic N) is 1. The van der Waals surface area contributed by atoms with Crippen molar-refractivity contribution in [3.05, 3.63) is 46.0 Å². The van der Waals surface area contributed by atoms with Gasteiger partial charge in [-0.2, -0.15) is 5.26 Å². The Morgan fingerprint density at radius 3 is 2.37 bits per heavy atom. The predicted molar refractivity (Wildman–Crippen MR) is 106 cm³/mol. The van der Waals surface area contributed by atoms with Gasteiger partial charge < -0.3 is 19.5 Å². The number of benzene rings is 1. The highest BCUT2D eigenvalue weighted by Gasteiger charge is 2.44. The van der Waals surface area contributed by atoms with Crippen LogP contribution in [0.15, 0.2) is 34.9 Å². The highest BCUT2D eigenvalue weighted by molar-refractivity contribution is 8.03. The van der Waals surface area contributed by atoms with Gasteiger partial charge in [0.1, 0.15) is 5.92 Å². The molecule has 10 heteroatoms. The summed E-state index contributed by atoms with van der Waals surface area (Å²) in [6, 6.07) is 8.05. The molecule has 1 aromatic carbocycles. The number of amides is 1. The molecule has 1 heterocycles. The van der Waals surface area contributed by atoms with E-state index < -0.39 is 35.7 Å². The van der Waals surface area contributed by atoms with Crippen molar-refractivity contribution in [2.24, 2.45) is 5.92 Å². The van der Waals surface area contributed by atoms with Crippen molar-refractivity contribution in [2.75, 3.05) is 26.6 Å². The number of esters is 3. The maximum Gasteiger partial charge on any atom is 0.337 e. The quantitative estimate of drug-likeness (QED) is 0.387. The van der Waals surface area contributed by atoms with Crippen molar-refractivity contribution in [1.29, 1.82) is 5.26 Å². The van der Waals surface area contributed by atoms with E-state index in [1.165, 1.54) is 31.4 Å². The minimum Gasteiger partial charge on any atom is -0.468 e. The molecule has 1 aromatic rings. The summed E-state index contributed by atoms with van der Waals surface area (Å²) < 4.78 is 14.3. The molecule has 0 saturated heterocycles. The van der Waals surface area contributed by atoms with E-state index in [1.54, 1.807) is 6.92 Å². The van der Waals surface area contributed by atoms with Gasteiger partial charge in [-0.25, -0.2) is 4.79 Å². The molecular weight excluding hydrogens is 412 g/mol. The molecule has 30 heavy (non-hydrogen) atoms. The molecule has 158 valence electrons. The van der Waals surface area contributed by atoms with Gasteiger partial charge in [0.15, 0.2) is 0 Å². The molecule has 0 unspecified atom stereocenters. The van der Waals surface area contributed by atoms with Crippen LogP contribution in [0.1, 0.15) is 28.8 Å². The monoisotopic (exact) mass is 432 g/mol. The van der Waals surface area contributed by atoms with Gasteiger partial charge in [-0.1, -0.05) is 23.9 Å². The Hall–Kier alpha value is -3.32. The first-order valence-electron chi connectivity index (χ1n) is 8.87. The van der Waals surface area contributed by atoms with Crippen LogP contribution in [-0.2, 0) is 28.6 Å². The second-order valence-corrected chi connectivity index (χ2v) is 7.02. The normalized spacial score (nSPS) is 18.1. The minimum atomic E-state index is -1.31. The van der Waals surface area contributed by atoms with Crippen LogP contribution in [0.25, 0.3) is 0 Å². The van der Waals surface area contributed by atoms with Crippen LogP contribution in [0.2, 0.25) is 0 Å². The summed E-state index contributed by atoms with van der Waals surface area (Å²) in [5.74, 6) is -4.89. The van der Waals surface area contributed by atoms with Gasteiger partial charge in [0.05, 0.1) is 48.8 Å². The number of rotatable bonds is 7. The topological polar surface area (TPSA) is 132 Å². The summed E-state index contributed by atoms with van der Waals surface area (Å²) in [7, 11) is 2.40. The number of ether oxygens (including phenoxy) is 3. The molecule has 0 saturated carbocycles. The molecule has 1 aliphatic rings. The molecule has 0 spiro atoms. The summed E-state index contributed by atoms with van der Waals surface area (Å²) in [6.45, 7) is 1.87. The number of carbonyl (C=O) groups excluding carboxylic acids is 4. The minimum absolute atomic E-state index is 0.102. The molecular formula is C20H20N2O7S. The number of methoxy groups -OCH3 is 2. The van der Waals surface area contributed by atoms with Crippen LogP contribution in [0.3, 0.4) is 0 Å². The van der Waals surface area contributed by atoms with Crippen LogP contribution < -0.4 is 5.32 Å². The highest BCUT2D eigenvalue weighted by Crippen LogP contribution is 2.40. The fourth-order valence-electron chi connectivity index (χ4n) is 2.96. The summed E-state index contributed by atoms with van der Waals surface area (Å²) >= 11 is 0.938. The van der Waals surface area contributed by atoms with Gasteiger partial charge in [-0.3, -0.25) is 14.4 Å². The molecule has 1 aliphatic heterocycles. The van der Waals surface area contributed by atoms with Gasteiger partial charge in [-0.15, -0.1) is 0 Å². The smallest absolute Gasteiger partial charge is 0.337 e. The van der Waals surface area contributed by atoms with Gasteiger partial charge in [0.25, 0.3) is 0 Å². The number of thioether (sulfide) groups is 1. The first-order chi connectivity index (χ1) is 14.4. The van der Waals surface area contributed by atoms with Crippen LogP contribution in [0.5, 0.6) is 0 Å². The molecule has 0 aliphatic carbocycles. The summed E-state index contributed by atoms with van der Waals surface area (Å²) in [5, 5.41) is 12.5. The van der Waals surface area contributed by atoms with E-state index in [9.17, 15) is 24.4 Å². The van der Waals surface area contributed by atoms with Gasteiger partial charge in [0.2, 0.25) is 5.91 Å². The zero-order valence-electron chi connectivity index (χ0n) is 16.6. The molecule has 9 nitrogen and oxygen atoms in total. The first kappa shape index (κ1) is 23.0. The fraction of sp³-hybridized carbons (Fsp3) is 0.350. The average Bonchev–Trinajstić information content (AvgIpc) is 2.76. The largest absolute Gasteiger partial charge is 0.468 e. The van der Waals surface area contributed by atoms with E-state index in [0.717, 1.165) is 18.9 Å². The third-order valence-corrected chi connectivity index (χ3v) is 5.31. The van der Waals surface area contributed by atoms with Crippen LogP contribution in [0, 0.1) is 17.2 Å². The lowest BCUT2D eigenvalue weighted by Crippen LogP contribution is -2.44. The Bertz CT molecular complexity index is 918. The summed E-state index contributed by atoms with van der Waals surface area (Å²) in [4.78, 5) is 48.4. The number of hydrogen-bond donors (Lipinski definition) is 1. The van der Waals surface area contributed by atoms with E-state index in [0.29, 0.717) is 5.56 Å². The maximum absolute atomic E-state index is 12.7. The van der Waals surface area contributed by atoms with Crippen LogP contribution in [-0.4, -0.2) is 50.4 Å². The Labute approximate surface area is 177 Å². The third-order valence-electron chi connectivity index (χ3n) is 4.31. The number of hydrogen-bond acceptors (Lipinski definition) is 9. The molecule has 1 N–H and O–H groups in total. The van der Waals surface area contributed by atoms with Crippen molar-refractivity contribution >= 4 is 35.6 Å². The number of carbonyl (C=O) groups is 4. The van der Waals surface area contributed by atoms with Crippen molar-refractivity contribution in [1.82, 2.24) is 5.32 Å². The lowest BCUT2D eigenvalue weighted by atomic mass is 9.78. The summed E-state index contributed by atoms with van der Waals surface area (Å²) in [5.41, 5.74) is 0.833. The van der Waals surface area contributed by atoms with E-state index in [4.69, 9.17) is 9.47 Å². The van der Waals surface area contributed by atoms with Gasteiger partial charge in [0, 0.05) is 5.92 Å². The van der Waals surface area contributed by atoms with Crippen molar-refractivity contribution < 1.29 is 33.4 Å². The zero-order valence-corrected chi connectivity index (χ0v) is 17.4. The van der Waals surface area contributed by atoms with E-state index in [2.05, 4.69) is 10.1 Å². The van der Waals surface area contributed by atoms with E-state index >= 15 is 0 Å². The molecule has 2 atom stereocenters. The second-order valence-electron chi connectivity index (χ2n) is 6.03. The van der Waals surface area contributed by atoms with Crippen LogP contribution in [0.4, 0.5) is 0 Å². The third kappa shape index (κ3) is 4.99. The van der Waals surface area contributed by atoms with Crippen molar-refractivity contribution in [3.63, 3.8) is 0 Å². The van der Waals surface area contributed by atoms with Gasteiger partial charge in [-0.05, 0) is 24.6 Å². The summed E-state index contributed by atoms with van der Waals surface area (Å²) in [6.07, 6.45) is 0. The number of allylic oxidation sites excluding steroid dienone is 1. The lowest BCUT2D eigenvalue weighted by molar-refractivity contribution is -0.150. The second kappa shape index (κ2) is 10.5. The Morgan fingerprint density at radius 2 is 1.83 bits per heavy atom. The SMILES string of the molecule is CCOC(=O)CSC1=C(C#N)[C@@H](c2ccc(C(=O)OC)cc2)[C@@H](C(=O)OC)C(=O)N1. The molecule has 0 fully saturated rings. The Balaban J connectivity index is 2.50. The molecule has 0 aromatic heterocycles. The van der Waals surface area contributed by atoms with Crippen LogP contribution >= 0.6 is 11.8 Å². The fourth-order valence-corrected chi connectivity index (χ4v) is 3.80. The van der Waals surface area contributed by atoms with Crippen molar-refractivity contribution in [3.8, 4) is 6.07 Å². The standard InChI is InChI=1S/C20H20N2O7S/c1-4-29-14(23)10-30-18-13(9-21)15(16(17(24)22-18)20(26)28-3)11-5-7-12(8-6-11)19(25)27-2/h5-8,15-16H,4,10H2,1-3H3,(H,22,24)/t15-,16-/m1/s1. The first-order valence-corrected chi connectivity index (χ1v) is 9.86.